The van der Waals surface area contributed by atoms with Gasteiger partial charge in [-0.15, -0.1) is 0 Å². The third-order valence-corrected chi connectivity index (χ3v) is 15.5. The Hall–Kier alpha value is -3.41. The van der Waals surface area contributed by atoms with Crippen LogP contribution >= 0.6 is 0 Å². The molecule has 15 heteroatoms. The van der Waals surface area contributed by atoms with Crippen LogP contribution in [0.25, 0.3) is 0 Å². The number of ketones is 3. The van der Waals surface area contributed by atoms with Crippen molar-refractivity contribution in [2.24, 2.45) is 35.5 Å². The highest BCUT2D eigenvalue weighted by atomic mass is 16.6. The largest absolute Gasteiger partial charge is 0.460 e. The first-order valence-electron chi connectivity index (χ1n) is 26.2. The van der Waals surface area contributed by atoms with Crippen molar-refractivity contribution in [1.82, 2.24) is 4.90 Å². The lowest BCUT2D eigenvalue weighted by Crippen LogP contribution is -2.61. The van der Waals surface area contributed by atoms with Gasteiger partial charge in [0.15, 0.2) is 5.78 Å². The number of Topliss-reactive ketones (excluding diaryl/α,β-unsaturated/α-hetero) is 3. The average molecular weight is 984 g/mol. The maximum absolute atomic E-state index is 14.5. The standard InChI is InChI=1S/C55H85NO14/c1-33-15-11-10-12-16-34(2)46(68-41-21-22-41)31-42-20-18-39(7)55(64,70-42)52(61)53(62)56-24-14-13-17-43(56)54(63)69-47(36(4)29-40-19-23-45(67-26-25-57)48(30-40)65-8)32-44(58)35(3)28-38(6)50(60)51(66-9)49(59)37(5)27-33/h10-12,15-16,28,33,35-37,39-43,45-48,50-51,57,60,64H,13-14,17-27,29-32H2,1-9H3/t33-,35-,36-,37-,39-,40+,42-,43+,45-,46+,47+,48-,50-,51+,55-/m1/s1. The van der Waals surface area contributed by atoms with E-state index in [0.29, 0.717) is 63.4 Å². The van der Waals surface area contributed by atoms with E-state index in [-0.39, 0.29) is 86.3 Å². The number of carbonyl (C=O) groups excluding carboxylic acids is 5. The normalized spacial score (nSPS) is 37.1. The summed E-state index contributed by atoms with van der Waals surface area (Å²) in [6.45, 7) is 13.0. The summed E-state index contributed by atoms with van der Waals surface area (Å²) in [4.78, 5) is 72.5. The molecule has 0 unspecified atom stereocenters. The van der Waals surface area contributed by atoms with Crippen LogP contribution in [-0.2, 0) is 52.4 Å². The van der Waals surface area contributed by atoms with Crippen molar-refractivity contribution in [2.75, 3.05) is 34.0 Å². The molecule has 3 N–H and O–H groups in total. The molecule has 0 spiro atoms. The smallest absolute Gasteiger partial charge is 0.329 e. The molecule has 2 aliphatic carbocycles. The van der Waals surface area contributed by atoms with Gasteiger partial charge in [-0.05, 0) is 120 Å². The van der Waals surface area contributed by atoms with Crippen molar-refractivity contribution in [1.29, 1.82) is 0 Å². The van der Waals surface area contributed by atoms with Crippen LogP contribution in [0.15, 0.2) is 47.6 Å². The highest BCUT2D eigenvalue weighted by molar-refractivity contribution is 6.39. The zero-order chi connectivity index (χ0) is 51.3. The Bertz CT molecular complexity index is 1890. The highest BCUT2D eigenvalue weighted by Crippen LogP contribution is 2.39. The van der Waals surface area contributed by atoms with Crippen LogP contribution in [0, 0.1) is 35.5 Å². The number of nitrogens with zero attached hydrogens (tertiary/aromatic N) is 1. The van der Waals surface area contributed by atoms with Crippen molar-refractivity contribution in [3.05, 3.63) is 47.6 Å². The Balaban J connectivity index is 1.46. The number of allylic oxidation sites excluding steroid dienone is 6. The number of methoxy groups -OCH3 is 2. The topological polar surface area (TPSA) is 205 Å². The van der Waals surface area contributed by atoms with Crippen LogP contribution in [0.5, 0.6) is 0 Å². The van der Waals surface area contributed by atoms with Crippen molar-refractivity contribution in [3.63, 3.8) is 0 Å². The van der Waals surface area contributed by atoms with Crippen LogP contribution in [0.3, 0.4) is 0 Å². The van der Waals surface area contributed by atoms with Crippen LogP contribution < -0.4 is 0 Å². The quantitative estimate of drug-likeness (QED) is 0.118. The summed E-state index contributed by atoms with van der Waals surface area (Å²) in [6, 6.07) is -1.14. The molecule has 0 aromatic heterocycles. The summed E-state index contributed by atoms with van der Waals surface area (Å²) >= 11 is 0. The van der Waals surface area contributed by atoms with Crippen molar-refractivity contribution in [3.8, 4) is 0 Å². The Morgan fingerprint density at radius 1 is 0.857 bits per heavy atom. The fourth-order valence-electron chi connectivity index (χ4n) is 10.8. The minimum Gasteiger partial charge on any atom is -0.460 e. The van der Waals surface area contributed by atoms with Crippen molar-refractivity contribution in [2.45, 2.75) is 199 Å². The molecule has 5 aliphatic rings. The first kappa shape index (κ1) is 57.5. The molecule has 4 fully saturated rings. The Morgan fingerprint density at radius 2 is 1.60 bits per heavy atom. The summed E-state index contributed by atoms with van der Waals surface area (Å²) < 4.78 is 36.3. The van der Waals surface area contributed by atoms with Crippen molar-refractivity contribution < 1.29 is 67.7 Å². The van der Waals surface area contributed by atoms with E-state index in [1.165, 1.54) is 12.0 Å². The van der Waals surface area contributed by atoms with Gasteiger partial charge in [0.1, 0.15) is 30.1 Å². The van der Waals surface area contributed by atoms with Gasteiger partial charge in [0.2, 0.25) is 5.79 Å². The van der Waals surface area contributed by atoms with Gasteiger partial charge in [0.05, 0.1) is 43.7 Å². The first-order chi connectivity index (χ1) is 33.3. The predicted octanol–water partition coefficient (Wildman–Crippen LogP) is 6.73. The van der Waals surface area contributed by atoms with Gasteiger partial charge in [-0.2, -0.15) is 0 Å². The molecule has 0 radical (unpaired) electrons. The molecule has 394 valence electrons. The van der Waals surface area contributed by atoms with Gasteiger partial charge >= 0.3 is 5.97 Å². The Kier molecular flexibility index (Phi) is 22.2. The molecule has 2 bridgehead atoms. The summed E-state index contributed by atoms with van der Waals surface area (Å²) in [5.41, 5.74) is 1.32. The molecular weight excluding hydrogens is 899 g/mol. The molecule has 2 saturated carbocycles. The highest BCUT2D eigenvalue weighted by Gasteiger charge is 2.53. The van der Waals surface area contributed by atoms with E-state index in [0.717, 1.165) is 24.8 Å². The molecular formula is C55H85NO14. The second-order valence-electron chi connectivity index (χ2n) is 21.3. The number of aliphatic hydroxyl groups is 3. The summed E-state index contributed by atoms with van der Waals surface area (Å²) in [5.74, 6) is -7.90. The molecule has 70 heavy (non-hydrogen) atoms. The summed E-state index contributed by atoms with van der Waals surface area (Å²) in [6.07, 6.45) is 14.3. The Labute approximate surface area is 416 Å². The van der Waals surface area contributed by atoms with E-state index in [2.05, 4.69) is 0 Å². The monoisotopic (exact) mass is 984 g/mol. The van der Waals surface area contributed by atoms with Crippen LogP contribution in [0.4, 0.5) is 0 Å². The fourth-order valence-corrected chi connectivity index (χ4v) is 10.8. The second kappa shape index (κ2) is 27.0. The van der Waals surface area contributed by atoms with E-state index in [1.54, 1.807) is 34.0 Å². The number of ether oxygens (including phenoxy) is 6. The maximum Gasteiger partial charge on any atom is 0.329 e. The van der Waals surface area contributed by atoms with Gasteiger partial charge in [-0.1, -0.05) is 71.1 Å². The lowest BCUT2D eigenvalue weighted by molar-refractivity contribution is -0.266. The van der Waals surface area contributed by atoms with Gasteiger partial charge < -0.3 is 48.6 Å². The summed E-state index contributed by atoms with van der Waals surface area (Å²) in [7, 11) is 3.02. The number of fused-ring (bicyclic) bond motifs is 3. The number of rotatable bonds is 10. The lowest BCUT2D eigenvalue weighted by atomic mass is 9.78. The second-order valence-corrected chi connectivity index (χ2v) is 21.3. The van der Waals surface area contributed by atoms with Crippen LogP contribution in [0.2, 0.25) is 0 Å². The van der Waals surface area contributed by atoms with E-state index < -0.39 is 71.7 Å². The molecule has 2 saturated heterocycles. The van der Waals surface area contributed by atoms with E-state index in [4.69, 9.17) is 28.4 Å². The maximum atomic E-state index is 14.5. The molecule has 5 rings (SSSR count). The fraction of sp³-hybridized carbons (Fsp3) is 0.764. The molecule has 15 atom stereocenters. The van der Waals surface area contributed by atoms with Gasteiger partial charge in [0.25, 0.3) is 11.7 Å². The molecule has 1 amide bonds. The van der Waals surface area contributed by atoms with E-state index in [1.807, 2.05) is 58.1 Å². The molecule has 3 heterocycles. The number of cyclic esters (lactones) is 1. The zero-order valence-electron chi connectivity index (χ0n) is 43.4. The van der Waals surface area contributed by atoms with Gasteiger partial charge in [0, 0.05) is 51.4 Å². The number of piperidine rings is 1. The number of aliphatic hydroxyl groups excluding tert-OH is 2. The molecule has 15 nitrogen and oxygen atoms in total. The number of esters is 1. The number of amides is 1. The SMILES string of the molecule is CO[C@@H]1C[C@H](C[C@@H](C)[C@@H]2CC(=O)[C@H](C)C=C(C)[C@@H](O)[C@@H](OC)C(=O)[C@H](C)C[C@H](C)C=CC=CC=C(C)[C@@H](OC3CC3)C[C@H]3CC[C@@H](C)[C@@](O)(O3)C(=O)C(=O)N3CCCC[C@H]3C(=O)O2)CC[C@H]1OCCO. The van der Waals surface area contributed by atoms with Crippen LogP contribution in [-0.4, -0.2) is 144 Å². The summed E-state index contributed by atoms with van der Waals surface area (Å²) in [5, 5.41) is 33.0. The molecule has 3 aliphatic heterocycles. The predicted molar refractivity (Wildman–Crippen MR) is 263 cm³/mol. The lowest BCUT2D eigenvalue weighted by Gasteiger charge is -2.43. The third-order valence-electron chi connectivity index (χ3n) is 15.5. The average Bonchev–Trinajstić information content (AvgIpc) is 4.17. The van der Waals surface area contributed by atoms with Crippen molar-refractivity contribution >= 4 is 29.2 Å². The Morgan fingerprint density at radius 3 is 2.29 bits per heavy atom. The van der Waals surface area contributed by atoms with Crippen LogP contribution in [0.1, 0.15) is 138 Å². The third kappa shape index (κ3) is 15.6. The number of hydrogen-bond donors (Lipinski definition) is 3. The minimum atomic E-state index is -2.43. The first-order valence-corrected chi connectivity index (χ1v) is 26.2. The molecule has 0 aromatic carbocycles. The van der Waals surface area contributed by atoms with Gasteiger partial charge in [-0.25, -0.2) is 4.79 Å². The van der Waals surface area contributed by atoms with Gasteiger partial charge in [-0.3, -0.25) is 19.2 Å². The number of carbonyl (C=O) groups is 5. The number of hydrogen-bond acceptors (Lipinski definition) is 14. The van der Waals surface area contributed by atoms with E-state index >= 15 is 0 Å². The molecule has 0 aromatic rings. The van der Waals surface area contributed by atoms with E-state index in [9.17, 15) is 39.3 Å². The zero-order valence-corrected chi connectivity index (χ0v) is 43.4. The minimum absolute atomic E-state index is 0.0197.